The molecule has 1 aromatic rings. The molecule has 1 aliphatic rings. The van der Waals surface area contributed by atoms with Crippen LogP contribution in [0.4, 0.5) is 0 Å². The SMILES string of the molecule is CC(C)(C)C1CCC(=NNC(=O)C(=O)NCCc2ccccc2)CC1. The summed E-state index contributed by atoms with van der Waals surface area (Å²) in [6.45, 7) is 7.23. The third-order valence-corrected chi connectivity index (χ3v) is 4.85. The Morgan fingerprint density at radius 3 is 2.32 bits per heavy atom. The Kier molecular flexibility index (Phi) is 6.73. The van der Waals surface area contributed by atoms with E-state index in [1.807, 2.05) is 30.3 Å². The van der Waals surface area contributed by atoms with Gasteiger partial charge in [0.25, 0.3) is 0 Å². The van der Waals surface area contributed by atoms with Gasteiger partial charge in [-0.05, 0) is 49.0 Å². The first kappa shape index (κ1) is 19.2. The van der Waals surface area contributed by atoms with Gasteiger partial charge in [0.05, 0.1) is 0 Å². The van der Waals surface area contributed by atoms with Gasteiger partial charge in [-0.1, -0.05) is 51.1 Å². The lowest BCUT2D eigenvalue weighted by Crippen LogP contribution is -2.39. The van der Waals surface area contributed by atoms with Crippen molar-refractivity contribution in [2.24, 2.45) is 16.4 Å². The summed E-state index contributed by atoms with van der Waals surface area (Å²) in [4.78, 5) is 23.6. The van der Waals surface area contributed by atoms with Crippen LogP contribution in [0.3, 0.4) is 0 Å². The van der Waals surface area contributed by atoms with Gasteiger partial charge >= 0.3 is 11.8 Å². The predicted molar refractivity (Wildman–Crippen MR) is 100 cm³/mol. The molecule has 2 N–H and O–H groups in total. The molecular formula is C20H29N3O2. The molecule has 0 aromatic heterocycles. The molecule has 1 aromatic carbocycles. The molecular weight excluding hydrogens is 314 g/mol. The maximum Gasteiger partial charge on any atom is 0.329 e. The van der Waals surface area contributed by atoms with E-state index in [4.69, 9.17) is 0 Å². The second kappa shape index (κ2) is 8.79. The van der Waals surface area contributed by atoms with Crippen LogP contribution in [0.15, 0.2) is 35.4 Å². The molecule has 1 fully saturated rings. The summed E-state index contributed by atoms with van der Waals surface area (Å²) < 4.78 is 0. The Hall–Kier alpha value is -2.17. The molecule has 2 amide bonds. The zero-order valence-electron chi connectivity index (χ0n) is 15.5. The van der Waals surface area contributed by atoms with Crippen LogP contribution in [0.1, 0.15) is 52.0 Å². The average molecular weight is 343 g/mol. The molecule has 0 saturated heterocycles. The van der Waals surface area contributed by atoms with E-state index >= 15 is 0 Å². The highest BCUT2D eigenvalue weighted by Crippen LogP contribution is 2.36. The van der Waals surface area contributed by atoms with E-state index in [1.54, 1.807) is 0 Å². The lowest BCUT2D eigenvalue weighted by molar-refractivity contribution is -0.139. The van der Waals surface area contributed by atoms with E-state index in [-0.39, 0.29) is 0 Å². The quantitative estimate of drug-likeness (QED) is 0.651. The maximum atomic E-state index is 11.8. The van der Waals surface area contributed by atoms with Crippen molar-refractivity contribution in [2.75, 3.05) is 6.54 Å². The average Bonchev–Trinajstić information content (AvgIpc) is 2.60. The molecule has 0 radical (unpaired) electrons. The number of nitrogens with one attached hydrogen (secondary N) is 2. The van der Waals surface area contributed by atoms with Crippen LogP contribution in [-0.2, 0) is 16.0 Å². The Morgan fingerprint density at radius 2 is 1.72 bits per heavy atom. The highest BCUT2D eigenvalue weighted by atomic mass is 16.2. The van der Waals surface area contributed by atoms with E-state index in [2.05, 4.69) is 36.6 Å². The number of carbonyl (C=O) groups is 2. The Morgan fingerprint density at radius 1 is 1.08 bits per heavy atom. The first-order valence-electron chi connectivity index (χ1n) is 9.04. The maximum absolute atomic E-state index is 11.8. The summed E-state index contributed by atoms with van der Waals surface area (Å²) in [6.07, 6.45) is 4.64. The fourth-order valence-electron chi connectivity index (χ4n) is 3.15. The number of nitrogens with zero attached hydrogens (tertiary/aromatic N) is 1. The summed E-state index contributed by atoms with van der Waals surface area (Å²) in [6, 6.07) is 9.84. The first-order valence-corrected chi connectivity index (χ1v) is 9.04. The summed E-state index contributed by atoms with van der Waals surface area (Å²) in [5, 5.41) is 6.77. The van der Waals surface area contributed by atoms with Crippen molar-refractivity contribution in [3.8, 4) is 0 Å². The van der Waals surface area contributed by atoms with Crippen LogP contribution in [0.25, 0.3) is 0 Å². The fraction of sp³-hybridized carbons (Fsp3) is 0.550. The van der Waals surface area contributed by atoms with Crippen molar-refractivity contribution in [3.63, 3.8) is 0 Å². The molecule has 0 spiro atoms. The molecule has 0 unspecified atom stereocenters. The van der Waals surface area contributed by atoms with Crippen molar-refractivity contribution in [1.82, 2.24) is 10.7 Å². The minimum absolute atomic E-state index is 0.313. The number of carbonyl (C=O) groups excluding carboxylic acids is 2. The third-order valence-electron chi connectivity index (χ3n) is 4.85. The number of benzene rings is 1. The van der Waals surface area contributed by atoms with Gasteiger partial charge in [-0.3, -0.25) is 9.59 Å². The monoisotopic (exact) mass is 343 g/mol. The smallest absolute Gasteiger partial charge is 0.329 e. The summed E-state index contributed by atoms with van der Waals surface area (Å²) in [5.41, 5.74) is 4.81. The summed E-state index contributed by atoms with van der Waals surface area (Å²) >= 11 is 0. The highest BCUT2D eigenvalue weighted by molar-refractivity contribution is 6.35. The number of hydrogen-bond acceptors (Lipinski definition) is 3. The highest BCUT2D eigenvalue weighted by Gasteiger charge is 2.28. The Labute approximate surface area is 150 Å². The second-order valence-corrected chi connectivity index (χ2v) is 7.75. The molecule has 1 aliphatic carbocycles. The molecule has 0 atom stereocenters. The number of rotatable bonds is 4. The Bertz CT molecular complexity index is 608. The Balaban J connectivity index is 1.70. The van der Waals surface area contributed by atoms with Crippen molar-refractivity contribution < 1.29 is 9.59 Å². The molecule has 25 heavy (non-hydrogen) atoms. The summed E-state index contributed by atoms with van der Waals surface area (Å²) in [7, 11) is 0. The number of hydrazone groups is 1. The lowest BCUT2D eigenvalue weighted by atomic mass is 9.72. The molecule has 5 heteroatoms. The van der Waals surface area contributed by atoms with Gasteiger partial charge < -0.3 is 5.32 Å². The topological polar surface area (TPSA) is 70.6 Å². The minimum atomic E-state index is -0.696. The van der Waals surface area contributed by atoms with Gasteiger partial charge in [-0.25, -0.2) is 5.43 Å². The van der Waals surface area contributed by atoms with Gasteiger partial charge in [-0.2, -0.15) is 5.10 Å². The predicted octanol–water partition coefficient (Wildman–Crippen LogP) is 3.05. The zero-order chi connectivity index (χ0) is 18.3. The van der Waals surface area contributed by atoms with Crippen LogP contribution < -0.4 is 10.7 Å². The molecule has 1 saturated carbocycles. The molecule has 136 valence electrons. The van der Waals surface area contributed by atoms with Crippen molar-refractivity contribution in [3.05, 3.63) is 35.9 Å². The standard InChI is InChI=1S/C20H29N3O2/c1-20(2,3)16-9-11-17(12-10-16)22-23-19(25)18(24)21-14-13-15-7-5-4-6-8-15/h4-8,16H,9-14H2,1-3H3,(H,21,24)(H,23,25). The van der Waals surface area contributed by atoms with Crippen LogP contribution in [0.2, 0.25) is 0 Å². The van der Waals surface area contributed by atoms with E-state index in [9.17, 15) is 9.59 Å². The van der Waals surface area contributed by atoms with Gasteiger partial charge in [0.2, 0.25) is 0 Å². The minimum Gasteiger partial charge on any atom is -0.347 e. The van der Waals surface area contributed by atoms with Crippen LogP contribution >= 0.6 is 0 Å². The second-order valence-electron chi connectivity index (χ2n) is 7.75. The van der Waals surface area contributed by atoms with E-state index < -0.39 is 11.8 Å². The van der Waals surface area contributed by atoms with Gasteiger partial charge in [0, 0.05) is 12.3 Å². The summed E-state index contributed by atoms with van der Waals surface area (Å²) in [5.74, 6) is -0.648. The van der Waals surface area contributed by atoms with E-state index in [0.717, 1.165) is 37.0 Å². The lowest BCUT2D eigenvalue weighted by Gasteiger charge is -2.34. The zero-order valence-corrected chi connectivity index (χ0v) is 15.5. The van der Waals surface area contributed by atoms with Crippen LogP contribution in [0, 0.1) is 11.3 Å². The third kappa shape index (κ3) is 6.33. The van der Waals surface area contributed by atoms with Gasteiger partial charge in [0.1, 0.15) is 0 Å². The van der Waals surface area contributed by atoms with Crippen molar-refractivity contribution >= 4 is 17.5 Å². The van der Waals surface area contributed by atoms with E-state index in [0.29, 0.717) is 24.3 Å². The molecule has 5 nitrogen and oxygen atoms in total. The van der Waals surface area contributed by atoms with Gasteiger partial charge in [-0.15, -0.1) is 0 Å². The fourth-order valence-corrected chi connectivity index (χ4v) is 3.15. The molecule has 2 rings (SSSR count). The van der Waals surface area contributed by atoms with Crippen molar-refractivity contribution in [2.45, 2.75) is 52.9 Å². The van der Waals surface area contributed by atoms with Crippen LogP contribution in [-0.4, -0.2) is 24.1 Å². The van der Waals surface area contributed by atoms with E-state index in [1.165, 1.54) is 0 Å². The van der Waals surface area contributed by atoms with Gasteiger partial charge in [0.15, 0.2) is 0 Å². The molecule has 0 heterocycles. The largest absolute Gasteiger partial charge is 0.347 e. The number of amides is 2. The normalized spacial score (nSPS) is 17.7. The first-order chi connectivity index (χ1) is 11.9. The molecule has 0 aliphatic heterocycles. The number of hydrogen-bond donors (Lipinski definition) is 2. The van der Waals surface area contributed by atoms with Crippen molar-refractivity contribution in [1.29, 1.82) is 0 Å². The molecule has 0 bridgehead atoms. The van der Waals surface area contributed by atoms with Crippen LogP contribution in [0.5, 0.6) is 0 Å².